The summed E-state index contributed by atoms with van der Waals surface area (Å²) in [5, 5.41) is 2.50. The third-order valence-corrected chi connectivity index (χ3v) is 10.5. The van der Waals surface area contributed by atoms with Gasteiger partial charge in [-0.1, -0.05) is 121 Å². The minimum absolute atomic E-state index is 0.509. The Kier molecular flexibility index (Phi) is 4.78. The van der Waals surface area contributed by atoms with E-state index in [0.29, 0.717) is 0 Å². The number of imidazole rings is 1. The lowest BCUT2D eigenvalue weighted by atomic mass is 9.72. The fourth-order valence-corrected chi connectivity index (χ4v) is 8.71. The van der Waals surface area contributed by atoms with E-state index in [2.05, 4.69) is 173 Å². The van der Waals surface area contributed by atoms with E-state index in [9.17, 15) is 0 Å². The molecule has 2 aromatic heterocycles. The molecule has 0 bridgehead atoms. The Hall–Kier alpha value is -6.19. The van der Waals surface area contributed by atoms with Crippen molar-refractivity contribution in [3.8, 4) is 33.6 Å². The highest BCUT2D eigenvalue weighted by Crippen LogP contribution is 2.61. The van der Waals surface area contributed by atoms with Crippen molar-refractivity contribution < 1.29 is 0 Å². The van der Waals surface area contributed by atoms with Crippen LogP contribution in [0.4, 0.5) is 0 Å². The van der Waals surface area contributed by atoms with E-state index in [1.807, 2.05) is 0 Å². The van der Waals surface area contributed by atoms with Crippen molar-refractivity contribution in [2.24, 2.45) is 0 Å². The molecule has 11 rings (SSSR count). The summed E-state index contributed by atoms with van der Waals surface area (Å²) in [7, 11) is 0. The van der Waals surface area contributed by atoms with Gasteiger partial charge in [0.15, 0.2) is 0 Å². The third kappa shape index (κ3) is 3.04. The van der Waals surface area contributed by atoms with Crippen LogP contribution in [0.25, 0.3) is 66.5 Å². The van der Waals surface area contributed by atoms with Gasteiger partial charge in [-0.2, -0.15) is 0 Å². The minimum atomic E-state index is -0.509. The van der Waals surface area contributed by atoms with Crippen molar-refractivity contribution in [1.29, 1.82) is 0 Å². The smallest absolute Gasteiger partial charge is 0.134 e. The molecule has 2 aliphatic rings. The van der Waals surface area contributed by atoms with Crippen LogP contribution >= 0.6 is 0 Å². The van der Waals surface area contributed by atoms with Gasteiger partial charge < -0.3 is 4.57 Å². The normalized spacial score (nSPS) is 13.7. The maximum Gasteiger partial charge on any atom is 0.134 e. The molecule has 1 aliphatic carbocycles. The molecule has 0 N–H and O–H groups in total. The van der Waals surface area contributed by atoms with Crippen LogP contribution in [-0.2, 0) is 5.41 Å². The van der Waals surface area contributed by atoms with Crippen LogP contribution < -0.4 is 0 Å². The molecule has 3 heterocycles. The summed E-state index contributed by atoms with van der Waals surface area (Å²) >= 11 is 0. The number of fused-ring (bicyclic) bond motifs is 15. The topological polar surface area (TPSA) is 22.8 Å². The molecule has 47 heavy (non-hydrogen) atoms. The molecule has 0 saturated carbocycles. The third-order valence-electron chi connectivity index (χ3n) is 10.5. The Morgan fingerprint density at radius 3 is 1.85 bits per heavy atom. The molecule has 0 unspecified atom stereocenters. The Morgan fingerprint density at radius 1 is 0.426 bits per heavy atom. The van der Waals surface area contributed by atoms with E-state index in [-0.39, 0.29) is 0 Å². The second kappa shape index (κ2) is 8.96. The van der Waals surface area contributed by atoms with Gasteiger partial charge in [0.05, 0.1) is 27.8 Å². The number of nitrogens with zero attached hydrogens (tertiary/aromatic N) is 3. The fourth-order valence-electron chi connectivity index (χ4n) is 8.71. The summed E-state index contributed by atoms with van der Waals surface area (Å²) in [5.74, 6) is 1.07. The molecule has 3 nitrogen and oxygen atoms in total. The largest absolute Gasteiger partial charge is 0.309 e. The monoisotopic (exact) mass is 597 g/mol. The first-order valence-corrected chi connectivity index (χ1v) is 16.2. The average Bonchev–Trinajstić information content (AvgIpc) is 3.85. The molecule has 0 atom stereocenters. The molecule has 218 valence electrons. The molecule has 3 heteroatoms. The van der Waals surface area contributed by atoms with Gasteiger partial charge in [-0.3, -0.25) is 4.57 Å². The maximum atomic E-state index is 5.46. The van der Waals surface area contributed by atoms with Crippen molar-refractivity contribution in [3.63, 3.8) is 0 Å². The van der Waals surface area contributed by atoms with Crippen LogP contribution in [0, 0.1) is 0 Å². The van der Waals surface area contributed by atoms with Gasteiger partial charge in [0.25, 0.3) is 0 Å². The van der Waals surface area contributed by atoms with Crippen molar-refractivity contribution in [2.45, 2.75) is 5.41 Å². The van der Waals surface area contributed by atoms with E-state index in [4.69, 9.17) is 4.98 Å². The first-order valence-electron chi connectivity index (χ1n) is 16.2. The highest BCUT2D eigenvalue weighted by molar-refractivity contribution is 6.11. The minimum Gasteiger partial charge on any atom is -0.309 e. The SMILES string of the molecule is c1ccc(-n2c3ccccc3c3cc(-c4cccc5c4-n4c(nc6ccccc64)C54c5ccccc5-c5ccccc54)ccc32)cc1. The fraction of sp³-hybridized carbons (Fsp3) is 0.0227. The molecule has 1 aliphatic heterocycles. The molecule has 7 aromatic carbocycles. The standard InChI is InChI=1S/C44H27N3/c1-2-13-29(14-3-1)46-39-23-10-6-17-33(39)34-27-28(25-26-40(34)46)30-18-12-21-37-42(30)47-41-24-11-9-22-38(41)45-43(47)44(37)35-19-7-4-15-31(35)32-16-5-8-20-36(32)44/h1-27H. The number of aromatic nitrogens is 3. The number of benzene rings is 7. The highest BCUT2D eigenvalue weighted by atomic mass is 15.1. The van der Waals surface area contributed by atoms with E-state index < -0.39 is 5.41 Å². The van der Waals surface area contributed by atoms with Crippen LogP contribution in [0.5, 0.6) is 0 Å². The van der Waals surface area contributed by atoms with Gasteiger partial charge in [0.1, 0.15) is 11.2 Å². The summed E-state index contributed by atoms with van der Waals surface area (Å²) in [6.45, 7) is 0. The van der Waals surface area contributed by atoms with Gasteiger partial charge in [-0.15, -0.1) is 0 Å². The quantitative estimate of drug-likeness (QED) is 0.194. The predicted octanol–water partition coefficient (Wildman–Crippen LogP) is 10.5. The van der Waals surface area contributed by atoms with E-state index in [1.165, 1.54) is 72.1 Å². The summed E-state index contributed by atoms with van der Waals surface area (Å²) in [6.07, 6.45) is 0. The highest BCUT2D eigenvalue weighted by Gasteiger charge is 2.54. The molecule has 0 amide bonds. The van der Waals surface area contributed by atoms with Crippen molar-refractivity contribution in [1.82, 2.24) is 14.1 Å². The summed E-state index contributed by atoms with van der Waals surface area (Å²) in [5.41, 5.74) is 15.3. The lowest BCUT2D eigenvalue weighted by Gasteiger charge is -2.27. The zero-order chi connectivity index (χ0) is 30.7. The van der Waals surface area contributed by atoms with E-state index >= 15 is 0 Å². The summed E-state index contributed by atoms with van der Waals surface area (Å²) in [4.78, 5) is 5.46. The summed E-state index contributed by atoms with van der Waals surface area (Å²) < 4.78 is 4.84. The van der Waals surface area contributed by atoms with Gasteiger partial charge in [0, 0.05) is 22.0 Å². The molecule has 1 spiro atoms. The molecular formula is C44H27N3. The Bertz CT molecular complexity index is 2700. The number of para-hydroxylation sites is 5. The Morgan fingerprint density at radius 2 is 1.04 bits per heavy atom. The van der Waals surface area contributed by atoms with Crippen LogP contribution in [-0.4, -0.2) is 14.1 Å². The number of rotatable bonds is 2. The summed E-state index contributed by atoms with van der Waals surface area (Å²) in [6, 6.07) is 59.7. The lowest BCUT2D eigenvalue weighted by molar-refractivity contribution is 0.738. The van der Waals surface area contributed by atoms with Crippen molar-refractivity contribution in [3.05, 3.63) is 186 Å². The first-order chi connectivity index (χ1) is 23.3. The Balaban J connectivity index is 1.25. The van der Waals surface area contributed by atoms with Gasteiger partial charge in [0.2, 0.25) is 0 Å². The van der Waals surface area contributed by atoms with Gasteiger partial charge >= 0.3 is 0 Å². The molecule has 9 aromatic rings. The number of hydrogen-bond acceptors (Lipinski definition) is 1. The van der Waals surface area contributed by atoms with Crippen LogP contribution in [0.1, 0.15) is 22.5 Å². The average molecular weight is 598 g/mol. The van der Waals surface area contributed by atoms with Crippen molar-refractivity contribution in [2.75, 3.05) is 0 Å². The molecule has 0 fully saturated rings. The molecular weight excluding hydrogens is 571 g/mol. The number of hydrogen-bond donors (Lipinski definition) is 0. The van der Waals surface area contributed by atoms with E-state index in [1.54, 1.807) is 0 Å². The second-order valence-corrected chi connectivity index (χ2v) is 12.7. The first kappa shape index (κ1) is 25.1. The second-order valence-electron chi connectivity index (χ2n) is 12.7. The zero-order valence-electron chi connectivity index (χ0n) is 25.4. The van der Waals surface area contributed by atoms with Crippen LogP contribution in [0.2, 0.25) is 0 Å². The Labute approximate surface area is 271 Å². The van der Waals surface area contributed by atoms with Gasteiger partial charge in [-0.25, -0.2) is 4.98 Å². The van der Waals surface area contributed by atoms with Gasteiger partial charge in [-0.05, 0) is 75.8 Å². The lowest BCUT2D eigenvalue weighted by Crippen LogP contribution is -2.27. The zero-order valence-corrected chi connectivity index (χ0v) is 25.4. The molecule has 0 radical (unpaired) electrons. The predicted molar refractivity (Wildman–Crippen MR) is 192 cm³/mol. The maximum absolute atomic E-state index is 5.46. The van der Waals surface area contributed by atoms with Crippen LogP contribution in [0.3, 0.4) is 0 Å². The van der Waals surface area contributed by atoms with Crippen LogP contribution in [0.15, 0.2) is 164 Å². The van der Waals surface area contributed by atoms with Crippen molar-refractivity contribution >= 4 is 32.8 Å². The molecule has 0 saturated heterocycles. The van der Waals surface area contributed by atoms with E-state index in [0.717, 1.165) is 16.9 Å².